The van der Waals surface area contributed by atoms with Gasteiger partial charge in [-0.25, -0.2) is 8.78 Å². The van der Waals surface area contributed by atoms with Crippen molar-refractivity contribution >= 4 is 40.2 Å². The molecule has 1 saturated carbocycles. The van der Waals surface area contributed by atoms with Gasteiger partial charge in [-0.2, -0.15) is 5.26 Å². The second kappa shape index (κ2) is 7.89. The maximum Gasteiger partial charge on any atom is 0.252 e. The van der Waals surface area contributed by atoms with E-state index < -0.39 is 23.8 Å². The Bertz CT molecular complexity index is 1140. The van der Waals surface area contributed by atoms with Crippen LogP contribution in [0, 0.1) is 22.7 Å². The number of nitrogens with one attached hydrogen (secondary N) is 1. The number of piperidine rings is 1. The van der Waals surface area contributed by atoms with Crippen LogP contribution in [0.1, 0.15) is 16.8 Å². The van der Waals surface area contributed by atoms with E-state index in [1.807, 2.05) is 17.0 Å². The van der Waals surface area contributed by atoms with Gasteiger partial charge in [0.05, 0.1) is 35.0 Å². The third-order valence-corrected chi connectivity index (χ3v) is 7.74. The molecule has 2 saturated heterocycles. The van der Waals surface area contributed by atoms with Crippen LogP contribution in [0.15, 0.2) is 30.5 Å². The van der Waals surface area contributed by atoms with Crippen molar-refractivity contribution in [2.24, 2.45) is 11.3 Å². The summed E-state index contributed by atoms with van der Waals surface area (Å²) in [6, 6.07) is 8.64. The van der Waals surface area contributed by atoms with Gasteiger partial charge >= 0.3 is 0 Å². The summed E-state index contributed by atoms with van der Waals surface area (Å²) in [7, 11) is 0. The fourth-order valence-corrected chi connectivity index (χ4v) is 5.84. The molecule has 1 N–H and O–H groups in total. The Morgan fingerprint density at radius 3 is 2.97 bits per heavy atom. The Labute approximate surface area is 187 Å². The van der Waals surface area contributed by atoms with Gasteiger partial charge in [0, 0.05) is 36.1 Å². The lowest BCUT2D eigenvalue weighted by atomic mass is 10.1. The molecule has 2 aromatic rings. The number of hydrogen-bond acceptors (Lipinski definition) is 6. The quantitative estimate of drug-likeness (QED) is 0.742. The number of carbonyl (C=O) groups is 2. The van der Waals surface area contributed by atoms with Crippen molar-refractivity contribution in [2.45, 2.75) is 18.9 Å². The van der Waals surface area contributed by atoms with Crippen molar-refractivity contribution in [3.8, 4) is 6.07 Å². The summed E-state index contributed by atoms with van der Waals surface area (Å²) in [6.07, 6.45) is -0.230. The van der Waals surface area contributed by atoms with E-state index in [2.05, 4.69) is 16.4 Å². The number of nitrogens with zero attached hydrogens (tertiary/aromatic N) is 4. The normalized spacial score (nSPS) is 26.3. The molecule has 0 bridgehead atoms. The van der Waals surface area contributed by atoms with Crippen LogP contribution in [0.2, 0.25) is 0 Å². The van der Waals surface area contributed by atoms with Crippen molar-refractivity contribution in [3.05, 3.63) is 36.0 Å². The van der Waals surface area contributed by atoms with E-state index in [4.69, 9.17) is 5.26 Å². The van der Waals surface area contributed by atoms with Crippen LogP contribution in [0.25, 0.3) is 10.9 Å². The fraction of sp³-hybridized carbons (Fsp3) is 0.455. The Balaban J connectivity index is 1.33. The summed E-state index contributed by atoms with van der Waals surface area (Å²) in [4.78, 5) is 33.0. The predicted molar refractivity (Wildman–Crippen MR) is 116 cm³/mol. The number of benzene rings is 1. The maximum absolute atomic E-state index is 13.4. The smallest absolute Gasteiger partial charge is 0.252 e. The number of anilines is 1. The number of carbonyl (C=O) groups excluding carboxylic acids is 2. The van der Waals surface area contributed by atoms with Gasteiger partial charge in [0.2, 0.25) is 12.3 Å². The van der Waals surface area contributed by atoms with Gasteiger partial charge in [-0.05, 0) is 36.6 Å². The lowest BCUT2D eigenvalue weighted by molar-refractivity contribution is -0.129. The number of aromatic nitrogens is 1. The number of alkyl halides is 2. The first-order valence-corrected chi connectivity index (χ1v) is 11.6. The molecular weight excluding hydrogens is 436 g/mol. The Kier molecular flexibility index (Phi) is 5.16. The van der Waals surface area contributed by atoms with Crippen LogP contribution in [0.3, 0.4) is 0 Å². The minimum Gasteiger partial charge on any atom is -0.370 e. The molecule has 3 heterocycles. The minimum absolute atomic E-state index is 0.0156. The number of pyridine rings is 1. The zero-order valence-electron chi connectivity index (χ0n) is 17.1. The number of thioether (sulfide) groups is 1. The Morgan fingerprint density at radius 1 is 1.38 bits per heavy atom. The van der Waals surface area contributed by atoms with E-state index in [0.717, 1.165) is 5.69 Å². The van der Waals surface area contributed by atoms with Gasteiger partial charge in [-0.15, -0.1) is 11.8 Å². The standard InChI is InChI=1S/C22H21F2N5O2S/c23-21(24)22-6-13(22)9-28(11-22)14-1-2-18-17(5-14)16(3-4-26-18)20(31)27-8-19(30)29-12-32-10-15(29)7-25/h1-5,13,15,21H,6,8-12H2,(H,27,31)/t13?,15-,22?/m1/s1. The highest BCUT2D eigenvalue weighted by Crippen LogP contribution is 2.61. The summed E-state index contributed by atoms with van der Waals surface area (Å²) in [5, 5.41) is 12.4. The van der Waals surface area contributed by atoms with Crippen LogP contribution in [-0.2, 0) is 4.79 Å². The molecule has 3 aliphatic rings. The molecule has 5 rings (SSSR count). The van der Waals surface area contributed by atoms with E-state index in [1.165, 1.54) is 22.9 Å². The second-order valence-corrected chi connectivity index (χ2v) is 9.57. The Morgan fingerprint density at radius 2 is 2.22 bits per heavy atom. The number of halogens is 2. The number of hydrogen-bond donors (Lipinski definition) is 1. The molecule has 7 nitrogen and oxygen atoms in total. The molecule has 0 spiro atoms. The van der Waals surface area contributed by atoms with Gasteiger partial charge in [0.1, 0.15) is 6.04 Å². The molecule has 1 aromatic carbocycles. The molecule has 3 fully saturated rings. The molecule has 2 aliphatic heterocycles. The largest absolute Gasteiger partial charge is 0.370 e. The van der Waals surface area contributed by atoms with Gasteiger partial charge in [0.15, 0.2) is 0 Å². The summed E-state index contributed by atoms with van der Waals surface area (Å²) in [5.41, 5.74) is 0.875. The van der Waals surface area contributed by atoms with Crippen molar-refractivity contribution in [2.75, 3.05) is 36.2 Å². The van der Waals surface area contributed by atoms with Crippen molar-refractivity contribution in [1.29, 1.82) is 5.26 Å². The van der Waals surface area contributed by atoms with Crippen LogP contribution in [0.4, 0.5) is 14.5 Å². The average Bonchev–Trinajstić information content (AvgIpc) is 3.15. The third kappa shape index (κ3) is 3.45. The van der Waals surface area contributed by atoms with Crippen LogP contribution in [-0.4, -0.2) is 65.4 Å². The molecular formula is C22H21F2N5O2S. The topological polar surface area (TPSA) is 89.3 Å². The molecule has 3 atom stereocenters. The fourth-order valence-electron chi connectivity index (χ4n) is 4.74. The molecule has 166 valence electrons. The van der Waals surface area contributed by atoms with E-state index in [0.29, 0.717) is 47.6 Å². The summed E-state index contributed by atoms with van der Waals surface area (Å²) in [6.45, 7) is 0.691. The van der Waals surface area contributed by atoms with Crippen LogP contribution < -0.4 is 10.2 Å². The molecule has 2 amide bonds. The second-order valence-electron chi connectivity index (χ2n) is 8.57. The monoisotopic (exact) mass is 457 g/mol. The highest BCUT2D eigenvalue weighted by molar-refractivity contribution is 7.99. The average molecular weight is 458 g/mol. The Hall–Kier alpha value is -2.93. The van der Waals surface area contributed by atoms with Crippen LogP contribution in [0.5, 0.6) is 0 Å². The zero-order chi connectivity index (χ0) is 22.5. The number of amides is 2. The number of nitriles is 1. The highest BCUT2D eigenvalue weighted by atomic mass is 32.2. The first kappa shape index (κ1) is 20.9. The van der Waals surface area contributed by atoms with E-state index in [1.54, 1.807) is 12.1 Å². The SMILES string of the molecule is N#C[C@@H]1CSCN1C(=O)CNC(=O)c1ccnc2ccc(N3CC4CC4(C(F)F)C3)cc12. The highest BCUT2D eigenvalue weighted by Gasteiger charge is 2.65. The third-order valence-electron chi connectivity index (χ3n) is 6.73. The van der Waals surface area contributed by atoms with Gasteiger partial charge in [0.25, 0.3) is 5.91 Å². The zero-order valence-corrected chi connectivity index (χ0v) is 17.9. The molecule has 32 heavy (non-hydrogen) atoms. The summed E-state index contributed by atoms with van der Waals surface area (Å²) in [5.74, 6) is 0.296. The van der Waals surface area contributed by atoms with Crippen LogP contribution >= 0.6 is 11.8 Å². The van der Waals surface area contributed by atoms with Crippen molar-refractivity contribution in [1.82, 2.24) is 15.2 Å². The van der Waals surface area contributed by atoms with Crippen molar-refractivity contribution < 1.29 is 18.4 Å². The first-order chi connectivity index (χ1) is 15.4. The summed E-state index contributed by atoms with van der Waals surface area (Å²) >= 11 is 1.50. The van der Waals surface area contributed by atoms with Gasteiger partial charge in [-0.3, -0.25) is 14.6 Å². The predicted octanol–water partition coefficient (Wildman–Crippen LogP) is 2.48. The minimum atomic E-state index is -2.33. The van der Waals surface area contributed by atoms with E-state index in [-0.39, 0.29) is 18.4 Å². The van der Waals surface area contributed by atoms with E-state index >= 15 is 0 Å². The van der Waals surface area contributed by atoms with E-state index in [9.17, 15) is 18.4 Å². The van der Waals surface area contributed by atoms with Gasteiger partial charge < -0.3 is 15.1 Å². The molecule has 1 aromatic heterocycles. The lowest BCUT2D eigenvalue weighted by Crippen LogP contribution is -2.42. The lowest BCUT2D eigenvalue weighted by Gasteiger charge is -2.23. The number of rotatable bonds is 5. The van der Waals surface area contributed by atoms with Crippen molar-refractivity contribution in [3.63, 3.8) is 0 Å². The first-order valence-electron chi connectivity index (χ1n) is 10.4. The maximum atomic E-state index is 13.4. The summed E-state index contributed by atoms with van der Waals surface area (Å²) < 4.78 is 26.9. The molecule has 2 unspecified atom stereocenters. The molecule has 10 heteroatoms. The number of fused-ring (bicyclic) bond motifs is 2. The van der Waals surface area contributed by atoms with Gasteiger partial charge in [-0.1, -0.05) is 0 Å². The molecule has 1 aliphatic carbocycles. The molecule has 0 radical (unpaired) electrons.